The predicted octanol–water partition coefficient (Wildman–Crippen LogP) is 4.00. The number of nitrogens with zero attached hydrogens (tertiary/aromatic N) is 3. The molecule has 0 radical (unpaired) electrons. The van der Waals surface area contributed by atoms with Crippen molar-refractivity contribution in [1.82, 2.24) is 25.3 Å². The number of aliphatic hydroxyl groups excluding tert-OH is 1. The van der Waals surface area contributed by atoms with Crippen LogP contribution in [0.1, 0.15) is 84.5 Å². The number of likely N-dealkylation sites (N-methyl/N-ethyl adjacent to an activating group) is 2. The summed E-state index contributed by atoms with van der Waals surface area (Å²) >= 11 is 0. The van der Waals surface area contributed by atoms with Crippen molar-refractivity contribution >= 4 is 29.3 Å². The smallest absolute Gasteiger partial charge is 0.242 e. The minimum Gasteiger partial charge on any atom is -0.399 e. The van der Waals surface area contributed by atoms with Crippen LogP contribution in [0.3, 0.4) is 0 Å². The van der Waals surface area contributed by atoms with Gasteiger partial charge in [0, 0.05) is 40.0 Å². The highest BCUT2D eigenvalue weighted by Crippen LogP contribution is 2.30. The van der Waals surface area contributed by atoms with Crippen molar-refractivity contribution in [2.24, 2.45) is 17.8 Å². The Morgan fingerprint density at radius 2 is 1.64 bits per heavy atom. The minimum absolute atomic E-state index is 0.0213. The van der Waals surface area contributed by atoms with Gasteiger partial charge in [0.1, 0.15) is 0 Å². The molecule has 3 rings (SSSR count). The Morgan fingerprint density at radius 3 is 2.23 bits per heavy atom. The van der Waals surface area contributed by atoms with Crippen molar-refractivity contribution in [1.29, 1.82) is 0 Å². The predicted molar refractivity (Wildman–Crippen MR) is 219 cm³/mol. The third-order valence-electron chi connectivity index (χ3n) is 11.5. The highest BCUT2D eigenvalue weighted by molar-refractivity contribution is 5.88. The summed E-state index contributed by atoms with van der Waals surface area (Å²) in [6.45, 7) is 12.4. The summed E-state index contributed by atoms with van der Waals surface area (Å²) in [7, 11) is 6.68. The van der Waals surface area contributed by atoms with Gasteiger partial charge in [0.15, 0.2) is 0 Å². The molecule has 0 spiro atoms. The van der Waals surface area contributed by atoms with Crippen LogP contribution in [-0.4, -0.2) is 121 Å². The van der Waals surface area contributed by atoms with Gasteiger partial charge in [0.25, 0.3) is 0 Å². The lowest BCUT2D eigenvalue weighted by Crippen LogP contribution is -2.55. The monoisotopic (exact) mass is 781 g/mol. The molecule has 0 bridgehead atoms. The van der Waals surface area contributed by atoms with E-state index in [1.54, 1.807) is 44.9 Å². The summed E-state index contributed by atoms with van der Waals surface area (Å²) in [5.74, 6) is -1.61. The molecule has 0 saturated carbocycles. The molecule has 1 heterocycles. The van der Waals surface area contributed by atoms with E-state index < -0.39 is 42.4 Å². The van der Waals surface area contributed by atoms with Crippen LogP contribution in [0.2, 0.25) is 0 Å². The largest absolute Gasteiger partial charge is 0.399 e. The Morgan fingerprint density at radius 1 is 0.964 bits per heavy atom. The summed E-state index contributed by atoms with van der Waals surface area (Å²) in [5.41, 5.74) is 8.32. The highest BCUT2D eigenvalue weighted by atomic mass is 16.5. The topological polar surface area (TPSA) is 167 Å². The van der Waals surface area contributed by atoms with E-state index in [0.717, 1.165) is 18.4 Å². The van der Waals surface area contributed by atoms with Gasteiger partial charge in [-0.15, -0.1) is 0 Å². The van der Waals surface area contributed by atoms with Crippen molar-refractivity contribution in [2.45, 2.75) is 116 Å². The Bertz CT molecular complexity index is 1560. The first kappa shape index (κ1) is 46.3. The molecule has 0 aromatic heterocycles. The van der Waals surface area contributed by atoms with E-state index in [-0.39, 0.29) is 54.5 Å². The fourth-order valence-corrected chi connectivity index (χ4v) is 8.18. The number of aliphatic hydroxyl groups is 1. The molecule has 13 heteroatoms. The molecule has 5 N–H and O–H groups in total. The zero-order valence-corrected chi connectivity index (χ0v) is 35.2. The molecule has 9 unspecified atom stereocenters. The van der Waals surface area contributed by atoms with Crippen LogP contribution in [0.15, 0.2) is 54.6 Å². The number of methoxy groups -OCH3 is 2. The molecule has 2 aromatic rings. The number of carbonyl (C=O) groups is 4. The maximum atomic E-state index is 14.1. The SMILES string of the molecule is CCC(C)C(C(CC(=O)N1CCCC1C(OC)C(C)C(=O)NC(C)C(O)c1ccccc1)OC)N(C)C(=O)CNC(=O)C(C(C)C)N(C)Cc1cccc(N)c1. The second-order valence-corrected chi connectivity index (χ2v) is 15.9. The number of nitrogens with two attached hydrogens (primary N) is 1. The van der Waals surface area contributed by atoms with Gasteiger partial charge in [-0.05, 0) is 61.9 Å². The third-order valence-corrected chi connectivity index (χ3v) is 11.5. The molecule has 56 heavy (non-hydrogen) atoms. The van der Waals surface area contributed by atoms with Gasteiger partial charge in [0.2, 0.25) is 23.6 Å². The lowest BCUT2D eigenvalue weighted by Gasteiger charge is -2.39. The van der Waals surface area contributed by atoms with Gasteiger partial charge >= 0.3 is 0 Å². The van der Waals surface area contributed by atoms with Crippen LogP contribution >= 0.6 is 0 Å². The fraction of sp³-hybridized carbons (Fsp3) is 0.628. The van der Waals surface area contributed by atoms with E-state index in [1.165, 1.54) is 0 Å². The molecule has 312 valence electrons. The van der Waals surface area contributed by atoms with Gasteiger partial charge in [-0.3, -0.25) is 24.1 Å². The summed E-state index contributed by atoms with van der Waals surface area (Å²) < 4.78 is 11.9. The van der Waals surface area contributed by atoms with E-state index in [0.29, 0.717) is 30.8 Å². The molecule has 13 nitrogen and oxygen atoms in total. The van der Waals surface area contributed by atoms with E-state index >= 15 is 0 Å². The van der Waals surface area contributed by atoms with E-state index in [2.05, 4.69) is 10.6 Å². The highest BCUT2D eigenvalue weighted by Gasteiger charge is 2.42. The minimum atomic E-state index is -0.882. The number of ether oxygens (including phenoxy) is 2. The number of nitrogens with one attached hydrogen (secondary N) is 2. The molecule has 9 atom stereocenters. The van der Waals surface area contributed by atoms with E-state index in [1.807, 2.05) is 94.2 Å². The number of anilines is 1. The molecule has 2 aromatic carbocycles. The molecule has 1 saturated heterocycles. The van der Waals surface area contributed by atoms with E-state index in [9.17, 15) is 24.3 Å². The Labute approximate surface area is 334 Å². The summed E-state index contributed by atoms with van der Waals surface area (Å²) in [6.07, 6.45) is 0.0836. The van der Waals surface area contributed by atoms with Crippen LogP contribution in [0.25, 0.3) is 0 Å². The van der Waals surface area contributed by atoms with Crippen molar-refractivity contribution in [2.75, 3.05) is 47.1 Å². The second kappa shape index (κ2) is 22.0. The van der Waals surface area contributed by atoms with Gasteiger partial charge in [-0.2, -0.15) is 0 Å². The molecule has 0 aliphatic carbocycles. The molecule has 4 amide bonds. The number of benzene rings is 2. The lowest BCUT2D eigenvalue weighted by atomic mass is 9.90. The average Bonchev–Trinajstić information content (AvgIpc) is 3.66. The first-order valence-electron chi connectivity index (χ1n) is 20.0. The van der Waals surface area contributed by atoms with Crippen molar-refractivity contribution in [3.63, 3.8) is 0 Å². The van der Waals surface area contributed by atoms with Crippen LogP contribution in [0, 0.1) is 17.8 Å². The molecular weight excluding hydrogens is 713 g/mol. The lowest BCUT2D eigenvalue weighted by molar-refractivity contribution is -0.146. The average molecular weight is 781 g/mol. The van der Waals surface area contributed by atoms with Gasteiger partial charge < -0.3 is 40.7 Å². The zero-order valence-electron chi connectivity index (χ0n) is 35.2. The van der Waals surface area contributed by atoms with Crippen molar-refractivity contribution in [3.05, 3.63) is 65.7 Å². The number of amides is 4. The van der Waals surface area contributed by atoms with Gasteiger partial charge in [0.05, 0.1) is 61.4 Å². The van der Waals surface area contributed by atoms with Gasteiger partial charge in [-0.25, -0.2) is 0 Å². The second-order valence-electron chi connectivity index (χ2n) is 15.9. The summed E-state index contributed by atoms with van der Waals surface area (Å²) in [4.78, 5) is 60.2. The Balaban J connectivity index is 1.67. The standard InChI is InChI=1S/C43H68N6O7/c1-11-28(4)39(48(8)37(51)25-45-43(54)38(27(2)3)47(7)26-31-17-15-20-33(44)23-31)35(55-9)24-36(50)49-22-16-21-34(49)41(56-10)29(5)42(53)46-30(6)40(52)32-18-13-12-14-19-32/h12-15,17-20,23,27-30,34-35,38-41,52H,11,16,21-22,24-26,44H2,1-10H3,(H,45,54)(H,46,53). The molecule has 1 aliphatic heterocycles. The Hall–Kier alpha value is -4.04. The van der Waals surface area contributed by atoms with Crippen LogP contribution < -0.4 is 16.4 Å². The number of rotatable bonds is 21. The number of hydrogen-bond donors (Lipinski definition) is 4. The Kier molecular flexibility index (Phi) is 18.2. The maximum absolute atomic E-state index is 14.1. The van der Waals surface area contributed by atoms with E-state index in [4.69, 9.17) is 15.2 Å². The zero-order chi connectivity index (χ0) is 41.7. The number of hydrogen-bond acceptors (Lipinski definition) is 9. The third kappa shape index (κ3) is 12.2. The maximum Gasteiger partial charge on any atom is 0.242 e. The fourth-order valence-electron chi connectivity index (χ4n) is 8.18. The van der Waals surface area contributed by atoms with Crippen molar-refractivity contribution in [3.8, 4) is 0 Å². The normalized spacial score (nSPS) is 18.7. The quantitative estimate of drug-likeness (QED) is 0.137. The first-order valence-corrected chi connectivity index (χ1v) is 20.0. The number of carbonyl (C=O) groups excluding carboxylic acids is 4. The molecule has 1 fully saturated rings. The summed E-state index contributed by atoms with van der Waals surface area (Å²) in [5, 5.41) is 16.6. The van der Waals surface area contributed by atoms with Crippen molar-refractivity contribution < 1.29 is 33.8 Å². The first-order chi connectivity index (χ1) is 26.6. The van der Waals surface area contributed by atoms with Crippen LogP contribution in [-0.2, 0) is 35.2 Å². The number of likely N-dealkylation sites (tertiary alicyclic amines) is 1. The number of nitrogen functional groups attached to an aromatic ring is 1. The molecular formula is C43H68N6O7. The summed E-state index contributed by atoms with van der Waals surface area (Å²) in [6, 6.07) is 14.9. The van der Waals surface area contributed by atoms with Gasteiger partial charge in [-0.1, -0.05) is 83.5 Å². The van der Waals surface area contributed by atoms with Crippen LogP contribution in [0.4, 0.5) is 5.69 Å². The van der Waals surface area contributed by atoms with Crippen LogP contribution in [0.5, 0.6) is 0 Å². The molecule has 1 aliphatic rings.